The Bertz CT molecular complexity index is 677. The molecule has 0 unspecified atom stereocenters. The lowest BCUT2D eigenvalue weighted by atomic mass is 10.1. The van der Waals surface area contributed by atoms with Crippen LogP contribution in [0.4, 0.5) is 11.4 Å². The van der Waals surface area contributed by atoms with Crippen LogP contribution in [0.25, 0.3) is 0 Å². The van der Waals surface area contributed by atoms with Crippen molar-refractivity contribution in [2.75, 3.05) is 10.6 Å². The average Bonchev–Trinajstić information content (AvgIpc) is 2.45. The average molecular weight is 388 g/mol. The van der Waals surface area contributed by atoms with Crippen LogP contribution in [0.2, 0.25) is 10.0 Å². The lowest BCUT2D eigenvalue weighted by Crippen LogP contribution is -2.10. The molecule has 6 heteroatoms. The van der Waals surface area contributed by atoms with Crippen molar-refractivity contribution in [1.82, 2.24) is 0 Å². The fraction of sp³-hybridized carbons (Fsp3) is 0.133. The number of halogens is 3. The van der Waals surface area contributed by atoms with Crippen LogP contribution in [0.15, 0.2) is 40.9 Å². The number of nitrogens with one attached hydrogen (secondary N) is 2. The first-order chi connectivity index (χ1) is 9.99. The van der Waals surface area contributed by atoms with Crippen molar-refractivity contribution in [3.8, 4) is 0 Å². The molecule has 0 aliphatic heterocycles. The van der Waals surface area contributed by atoms with Gasteiger partial charge in [-0.05, 0) is 39.7 Å². The largest absolute Gasteiger partial charge is 0.380 e. The molecule has 0 atom stereocenters. The first kappa shape index (κ1) is 16.1. The van der Waals surface area contributed by atoms with Crippen molar-refractivity contribution in [3.05, 3.63) is 56.5 Å². The Labute approximate surface area is 141 Å². The Morgan fingerprint density at radius 2 is 1.81 bits per heavy atom. The minimum atomic E-state index is -0.104. The monoisotopic (exact) mass is 386 g/mol. The van der Waals surface area contributed by atoms with Gasteiger partial charge in [-0.25, -0.2) is 0 Å². The van der Waals surface area contributed by atoms with E-state index in [1.54, 1.807) is 0 Å². The molecule has 2 aromatic rings. The van der Waals surface area contributed by atoms with Crippen LogP contribution in [-0.2, 0) is 11.3 Å². The van der Waals surface area contributed by atoms with E-state index in [9.17, 15) is 4.79 Å². The second-order valence-electron chi connectivity index (χ2n) is 4.41. The zero-order chi connectivity index (χ0) is 15.4. The molecule has 110 valence electrons. The van der Waals surface area contributed by atoms with Crippen LogP contribution in [0.1, 0.15) is 12.5 Å². The summed E-state index contributed by atoms with van der Waals surface area (Å²) < 4.78 is 0.748. The van der Waals surface area contributed by atoms with Gasteiger partial charge in [-0.15, -0.1) is 0 Å². The molecule has 3 nitrogen and oxygen atoms in total. The topological polar surface area (TPSA) is 41.1 Å². The molecule has 2 N–H and O–H groups in total. The number of anilines is 2. The van der Waals surface area contributed by atoms with E-state index in [1.807, 2.05) is 36.4 Å². The molecular formula is C15H13BrCl2N2O. The molecule has 0 saturated heterocycles. The summed E-state index contributed by atoms with van der Waals surface area (Å²) in [5.74, 6) is -0.104. The number of rotatable bonds is 4. The maximum atomic E-state index is 11.2. The van der Waals surface area contributed by atoms with Gasteiger partial charge >= 0.3 is 0 Å². The predicted molar refractivity (Wildman–Crippen MR) is 92.2 cm³/mol. The molecule has 0 saturated carbocycles. The minimum absolute atomic E-state index is 0.104. The third-order valence-electron chi connectivity index (χ3n) is 2.83. The van der Waals surface area contributed by atoms with Gasteiger partial charge < -0.3 is 10.6 Å². The van der Waals surface area contributed by atoms with E-state index in [1.165, 1.54) is 6.92 Å². The van der Waals surface area contributed by atoms with E-state index < -0.39 is 0 Å². The maximum absolute atomic E-state index is 11.2. The highest BCUT2D eigenvalue weighted by Crippen LogP contribution is 2.36. The molecule has 0 aromatic heterocycles. The zero-order valence-corrected chi connectivity index (χ0v) is 14.3. The lowest BCUT2D eigenvalue weighted by molar-refractivity contribution is -0.114. The summed E-state index contributed by atoms with van der Waals surface area (Å²) in [6.07, 6.45) is 0. The van der Waals surface area contributed by atoms with Gasteiger partial charge in [-0.3, -0.25) is 4.79 Å². The minimum Gasteiger partial charge on any atom is -0.380 e. The molecule has 0 radical (unpaired) electrons. The molecule has 0 aliphatic carbocycles. The van der Waals surface area contributed by atoms with Crippen LogP contribution in [0.3, 0.4) is 0 Å². The SMILES string of the molecule is CC(=O)Nc1ccccc1CNc1ccc(Br)c(Cl)c1Cl. The van der Waals surface area contributed by atoms with Gasteiger partial charge in [-0.2, -0.15) is 0 Å². The standard InChI is InChI=1S/C15H13BrCl2N2O/c1-9(21)20-12-5-3-2-4-10(12)8-19-13-7-6-11(16)14(17)15(13)18/h2-7,19H,8H2,1H3,(H,20,21). The predicted octanol–water partition coefficient (Wildman–Crippen LogP) is 5.33. The molecule has 1 amide bonds. The summed E-state index contributed by atoms with van der Waals surface area (Å²) in [5.41, 5.74) is 2.47. The number of hydrogen-bond donors (Lipinski definition) is 2. The molecule has 21 heavy (non-hydrogen) atoms. The highest BCUT2D eigenvalue weighted by molar-refractivity contribution is 9.10. The Morgan fingerprint density at radius 1 is 1.10 bits per heavy atom. The van der Waals surface area contributed by atoms with Gasteiger partial charge in [0.1, 0.15) is 0 Å². The Morgan fingerprint density at radius 3 is 2.52 bits per heavy atom. The third-order valence-corrected chi connectivity index (χ3v) is 4.60. The number of hydrogen-bond acceptors (Lipinski definition) is 2. The molecule has 0 heterocycles. The van der Waals surface area contributed by atoms with Gasteiger partial charge in [0.2, 0.25) is 5.91 Å². The second-order valence-corrected chi connectivity index (χ2v) is 6.03. The third kappa shape index (κ3) is 4.13. The van der Waals surface area contributed by atoms with Crippen molar-refractivity contribution in [2.45, 2.75) is 13.5 Å². The normalized spacial score (nSPS) is 10.3. The summed E-state index contributed by atoms with van der Waals surface area (Å²) in [4.78, 5) is 11.2. The molecule has 2 rings (SSSR count). The van der Waals surface area contributed by atoms with Crippen LogP contribution >= 0.6 is 39.1 Å². The molecular weight excluding hydrogens is 375 g/mol. The van der Waals surface area contributed by atoms with E-state index >= 15 is 0 Å². The van der Waals surface area contributed by atoms with E-state index in [-0.39, 0.29) is 5.91 Å². The summed E-state index contributed by atoms with van der Waals surface area (Å²) in [6.45, 7) is 2.00. The fourth-order valence-electron chi connectivity index (χ4n) is 1.84. The smallest absolute Gasteiger partial charge is 0.221 e. The van der Waals surface area contributed by atoms with Crippen LogP contribution in [-0.4, -0.2) is 5.91 Å². The summed E-state index contributed by atoms with van der Waals surface area (Å²) in [5, 5.41) is 6.95. The molecule has 2 aromatic carbocycles. The number of carbonyl (C=O) groups is 1. The molecule has 0 aliphatic rings. The number of amides is 1. The van der Waals surface area contributed by atoms with Crippen molar-refractivity contribution in [3.63, 3.8) is 0 Å². The summed E-state index contributed by atoms with van der Waals surface area (Å²) >= 11 is 15.6. The molecule has 0 bridgehead atoms. The number of carbonyl (C=O) groups excluding carboxylic acids is 1. The van der Waals surface area contributed by atoms with Gasteiger partial charge in [0.15, 0.2) is 0 Å². The lowest BCUT2D eigenvalue weighted by Gasteiger charge is -2.13. The number of benzene rings is 2. The van der Waals surface area contributed by atoms with E-state index in [4.69, 9.17) is 23.2 Å². The van der Waals surface area contributed by atoms with E-state index in [0.717, 1.165) is 21.4 Å². The van der Waals surface area contributed by atoms with Crippen molar-refractivity contribution in [2.24, 2.45) is 0 Å². The van der Waals surface area contributed by atoms with Gasteiger partial charge in [-0.1, -0.05) is 41.4 Å². The summed E-state index contributed by atoms with van der Waals surface area (Å²) in [7, 11) is 0. The second kappa shape index (κ2) is 7.16. The highest BCUT2D eigenvalue weighted by Gasteiger charge is 2.09. The Kier molecular flexibility index (Phi) is 5.51. The summed E-state index contributed by atoms with van der Waals surface area (Å²) in [6, 6.07) is 11.3. The molecule has 0 fully saturated rings. The van der Waals surface area contributed by atoms with Crippen molar-refractivity contribution >= 4 is 56.4 Å². The van der Waals surface area contributed by atoms with E-state index in [2.05, 4.69) is 26.6 Å². The van der Waals surface area contributed by atoms with Crippen LogP contribution in [0, 0.1) is 0 Å². The van der Waals surface area contributed by atoms with Gasteiger partial charge in [0, 0.05) is 23.6 Å². The molecule has 0 spiro atoms. The van der Waals surface area contributed by atoms with Crippen molar-refractivity contribution < 1.29 is 4.79 Å². The van der Waals surface area contributed by atoms with Gasteiger partial charge in [0.25, 0.3) is 0 Å². The van der Waals surface area contributed by atoms with Crippen LogP contribution < -0.4 is 10.6 Å². The first-order valence-corrected chi connectivity index (χ1v) is 7.77. The first-order valence-electron chi connectivity index (χ1n) is 6.22. The van der Waals surface area contributed by atoms with Gasteiger partial charge in [0.05, 0.1) is 15.7 Å². The zero-order valence-electron chi connectivity index (χ0n) is 11.2. The quantitative estimate of drug-likeness (QED) is 0.696. The maximum Gasteiger partial charge on any atom is 0.221 e. The highest BCUT2D eigenvalue weighted by atomic mass is 79.9. The number of para-hydroxylation sites is 1. The Hall–Kier alpha value is -1.23. The van der Waals surface area contributed by atoms with E-state index in [0.29, 0.717) is 16.6 Å². The van der Waals surface area contributed by atoms with Crippen molar-refractivity contribution in [1.29, 1.82) is 0 Å². The fourth-order valence-corrected chi connectivity index (χ4v) is 2.68. The van der Waals surface area contributed by atoms with Crippen LogP contribution in [0.5, 0.6) is 0 Å². The Balaban J connectivity index is 2.17.